The fourth-order valence-corrected chi connectivity index (χ4v) is 1.72. The van der Waals surface area contributed by atoms with Crippen LogP contribution in [0.1, 0.15) is 21.5 Å². The van der Waals surface area contributed by atoms with Gasteiger partial charge < -0.3 is 10.5 Å². The van der Waals surface area contributed by atoms with Gasteiger partial charge in [-0.3, -0.25) is 4.79 Å². The van der Waals surface area contributed by atoms with Crippen molar-refractivity contribution >= 4 is 11.5 Å². The number of hydrogen-bond acceptors (Lipinski definition) is 4. The van der Waals surface area contributed by atoms with Crippen molar-refractivity contribution in [1.82, 2.24) is 5.32 Å². The molecular formula is C11H12N2O2. The van der Waals surface area contributed by atoms with E-state index in [0.29, 0.717) is 18.7 Å². The van der Waals surface area contributed by atoms with Crippen molar-refractivity contribution in [2.24, 2.45) is 5.16 Å². The van der Waals surface area contributed by atoms with Crippen LogP contribution in [0.25, 0.3) is 0 Å². The van der Waals surface area contributed by atoms with Crippen molar-refractivity contribution in [1.29, 1.82) is 0 Å². The van der Waals surface area contributed by atoms with Gasteiger partial charge in [-0.15, -0.1) is 0 Å². The second kappa shape index (κ2) is 3.82. The van der Waals surface area contributed by atoms with Crippen molar-refractivity contribution < 1.29 is 10.0 Å². The van der Waals surface area contributed by atoms with E-state index in [2.05, 4.69) is 10.5 Å². The van der Waals surface area contributed by atoms with Crippen LogP contribution in [0, 0.1) is 6.92 Å². The summed E-state index contributed by atoms with van der Waals surface area (Å²) in [7, 11) is 0. The lowest BCUT2D eigenvalue weighted by atomic mass is 10.00. The molecule has 0 unspecified atom stereocenters. The van der Waals surface area contributed by atoms with Crippen molar-refractivity contribution in [2.75, 3.05) is 6.54 Å². The van der Waals surface area contributed by atoms with Gasteiger partial charge >= 0.3 is 0 Å². The molecule has 0 radical (unpaired) electrons. The monoisotopic (exact) mass is 204 g/mol. The van der Waals surface area contributed by atoms with Crippen LogP contribution in [-0.4, -0.2) is 23.2 Å². The van der Waals surface area contributed by atoms with E-state index in [1.165, 1.54) is 0 Å². The van der Waals surface area contributed by atoms with Crippen LogP contribution in [-0.2, 0) is 6.54 Å². The van der Waals surface area contributed by atoms with Crippen molar-refractivity contribution in [3.05, 3.63) is 34.9 Å². The molecule has 1 aliphatic heterocycles. The molecule has 0 atom stereocenters. The molecule has 0 fully saturated rings. The second-order valence-corrected chi connectivity index (χ2v) is 3.64. The molecule has 15 heavy (non-hydrogen) atoms. The van der Waals surface area contributed by atoms with Crippen LogP contribution < -0.4 is 5.32 Å². The van der Waals surface area contributed by atoms with Gasteiger partial charge in [0.2, 0.25) is 5.78 Å². The minimum atomic E-state index is -0.197. The molecule has 1 aromatic carbocycles. The summed E-state index contributed by atoms with van der Waals surface area (Å²) in [5.41, 5.74) is 2.86. The molecule has 1 heterocycles. The highest BCUT2D eigenvalue weighted by Gasteiger charge is 2.21. The van der Waals surface area contributed by atoms with Crippen LogP contribution in [0.2, 0.25) is 0 Å². The maximum atomic E-state index is 11.8. The molecule has 0 bridgehead atoms. The average Bonchev–Trinajstić information content (AvgIpc) is 2.37. The van der Waals surface area contributed by atoms with Crippen molar-refractivity contribution in [2.45, 2.75) is 13.5 Å². The summed E-state index contributed by atoms with van der Waals surface area (Å²) in [4.78, 5) is 11.8. The molecule has 0 aromatic heterocycles. The number of fused-ring (bicyclic) bond motifs is 1. The fourth-order valence-electron chi connectivity index (χ4n) is 1.72. The Balaban J connectivity index is 2.52. The number of nitrogens with zero attached hydrogens (tertiary/aromatic N) is 1. The van der Waals surface area contributed by atoms with Gasteiger partial charge in [-0.1, -0.05) is 28.9 Å². The smallest absolute Gasteiger partial charge is 0.212 e. The number of aryl methyl sites for hydroxylation is 1. The molecule has 4 nitrogen and oxygen atoms in total. The summed E-state index contributed by atoms with van der Waals surface area (Å²) in [5.74, 6) is -0.197. The van der Waals surface area contributed by atoms with Crippen LogP contribution in [0.5, 0.6) is 0 Å². The number of benzene rings is 1. The van der Waals surface area contributed by atoms with E-state index in [9.17, 15) is 4.79 Å². The number of ketones is 1. The van der Waals surface area contributed by atoms with E-state index in [1.807, 2.05) is 19.1 Å². The Morgan fingerprint density at radius 2 is 2.20 bits per heavy atom. The first kappa shape index (κ1) is 9.86. The Hall–Kier alpha value is -1.68. The van der Waals surface area contributed by atoms with E-state index < -0.39 is 0 Å². The number of oxime groups is 1. The summed E-state index contributed by atoms with van der Waals surface area (Å²) in [6, 6.07) is 5.64. The first-order valence-electron chi connectivity index (χ1n) is 4.78. The van der Waals surface area contributed by atoms with Crippen LogP contribution in [0.3, 0.4) is 0 Å². The van der Waals surface area contributed by atoms with E-state index in [4.69, 9.17) is 5.21 Å². The molecule has 0 saturated heterocycles. The third-order valence-corrected chi connectivity index (χ3v) is 2.50. The SMILES string of the molecule is Cc1ccc2c(c1)CNC/C(=N\O)C2=O. The van der Waals surface area contributed by atoms with Gasteiger partial charge in [-0.05, 0) is 12.5 Å². The number of carbonyl (C=O) groups excluding carboxylic acids is 1. The summed E-state index contributed by atoms with van der Waals surface area (Å²) >= 11 is 0. The zero-order valence-corrected chi connectivity index (χ0v) is 8.45. The highest BCUT2D eigenvalue weighted by atomic mass is 16.4. The summed E-state index contributed by atoms with van der Waals surface area (Å²) in [6.45, 7) is 2.92. The van der Waals surface area contributed by atoms with Crippen LogP contribution in [0.15, 0.2) is 23.4 Å². The topological polar surface area (TPSA) is 61.7 Å². The molecule has 0 amide bonds. The molecular weight excluding hydrogens is 192 g/mol. The number of Topliss-reactive ketones (excluding diaryl/α,β-unsaturated/α-hetero) is 1. The first-order valence-corrected chi connectivity index (χ1v) is 4.78. The lowest BCUT2D eigenvalue weighted by Gasteiger charge is -2.04. The molecule has 2 N–H and O–H groups in total. The van der Waals surface area contributed by atoms with E-state index in [1.54, 1.807) is 6.07 Å². The summed E-state index contributed by atoms with van der Waals surface area (Å²) < 4.78 is 0. The number of rotatable bonds is 0. The Kier molecular flexibility index (Phi) is 2.51. The van der Waals surface area contributed by atoms with Gasteiger partial charge in [-0.25, -0.2) is 0 Å². The summed E-state index contributed by atoms with van der Waals surface area (Å²) in [5, 5.41) is 14.8. The highest BCUT2D eigenvalue weighted by Crippen LogP contribution is 2.15. The van der Waals surface area contributed by atoms with Gasteiger partial charge in [0.25, 0.3) is 0 Å². The average molecular weight is 204 g/mol. The number of hydrogen-bond donors (Lipinski definition) is 2. The Labute approximate surface area is 87.6 Å². The van der Waals surface area contributed by atoms with Crippen molar-refractivity contribution in [3.63, 3.8) is 0 Å². The maximum absolute atomic E-state index is 11.8. The number of carbonyl (C=O) groups is 1. The maximum Gasteiger partial charge on any atom is 0.212 e. The first-order chi connectivity index (χ1) is 7.22. The molecule has 2 rings (SSSR count). The molecule has 1 aromatic rings. The fraction of sp³-hybridized carbons (Fsp3) is 0.273. The lowest BCUT2D eigenvalue weighted by molar-refractivity contribution is 0.106. The molecule has 78 valence electrons. The third-order valence-electron chi connectivity index (χ3n) is 2.50. The zero-order chi connectivity index (χ0) is 10.8. The van der Waals surface area contributed by atoms with Gasteiger partial charge in [0.1, 0.15) is 5.71 Å². The predicted molar refractivity (Wildman–Crippen MR) is 56.4 cm³/mol. The number of nitrogens with one attached hydrogen (secondary N) is 1. The Bertz CT molecular complexity index is 438. The van der Waals surface area contributed by atoms with E-state index >= 15 is 0 Å². The quantitative estimate of drug-likeness (QED) is 0.491. The van der Waals surface area contributed by atoms with Gasteiger partial charge in [-0.2, -0.15) is 0 Å². The normalized spacial score (nSPS) is 18.7. The van der Waals surface area contributed by atoms with Gasteiger partial charge in [0.05, 0.1) is 0 Å². The van der Waals surface area contributed by atoms with Crippen LogP contribution >= 0.6 is 0 Å². The molecule has 4 heteroatoms. The molecule has 0 spiro atoms. The minimum absolute atomic E-state index is 0.164. The highest BCUT2D eigenvalue weighted by molar-refractivity contribution is 6.47. The van der Waals surface area contributed by atoms with Gasteiger partial charge in [0, 0.05) is 18.7 Å². The predicted octanol–water partition coefficient (Wildman–Crippen LogP) is 1.11. The Morgan fingerprint density at radius 3 is 2.93 bits per heavy atom. The van der Waals surface area contributed by atoms with E-state index in [0.717, 1.165) is 11.1 Å². The van der Waals surface area contributed by atoms with Crippen LogP contribution in [0.4, 0.5) is 0 Å². The zero-order valence-electron chi connectivity index (χ0n) is 8.45. The molecule has 0 aliphatic carbocycles. The minimum Gasteiger partial charge on any atom is -0.410 e. The molecule has 0 saturated carbocycles. The second-order valence-electron chi connectivity index (χ2n) is 3.64. The van der Waals surface area contributed by atoms with Crippen molar-refractivity contribution in [3.8, 4) is 0 Å². The van der Waals surface area contributed by atoms with E-state index in [-0.39, 0.29) is 11.5 Å². The Morgan fingerprint density at radius 1 is 1.40 bits per heavy atom. The standard InChI is InChI=1S/C11H12N2O2/c1-7-2-3-9-8(4-7)5-12-6-10(13-15)11(9)14/h2-4,12,15H,5-6H2,1H3/b13-10+. The largest absolute Gasteiger partial charge is 0.410 e. The third kappa shape index (κ3) is 1.76. The summed E-state index contributed by atoms with van der Waals surface area (Å²) in [6.07, 6.45) is 0. The lowest BCUT2D eigenvalue weighted by Crippen LogP contribution is -2.24. The molecule has 1 aliphatic rings. The van der Waals surface area contributed by atoms with Gasteiger partial charge in [0.15, 0.2) is 0 Å².